The molecule has 1 amide bonds. The molecule has 1 saturated carbocycles. The summed E-state index contributed by atoms with van der Waals surface area (Å²) < 4.78 is 10.2. The number of rotatable bonds is 9. The van der Waals surface area contributed by atoms with E-state index in [9.17, 15) is 4.79 Å². The van der Waals surface area contributed by atoms with Gasteiger partial charge in [0.2, 0.25) is 5.91 Å². The van der Waals surface area contributed by atoms with Crippen LogP contribution in [-0.2, 0) is 14.3 Å². The fourth-order valence-electron chi connectivity index (χ4n) is 2.77. The molecule has 1 aromatic carbocycles. The molecule has 1 fully saturated rings. The molecule has 1 aliphatic carbocycles. The maximum Gasteiger partial charge on any atom is 0.226 e. The molecule has 2 N–H and O–H groups in total. The lowest BCUT2D eigenvalue weighted by atomic mass is 9.95. The fraction of sp³-hybridized carbons (Fsp3) is 0.611. The molecule has 5 heteroatoms. The molecule has 0 atom stereocenters. The molecule has 23 heavy (non-hydrogen) atoms. The van der Waals surface area contributed by atoms with Gasteiger partial charge in [0.1, 0.15) is 0 Å². The van der Waals surface area contributed by atoms with Crippen LogP contribution in [0.25, 0.3) is 0 Å². The van der Waals surface area contributed by atoms with Gasteiger partial charge in [-0.05, 0) is 37.1 Å². The molecule has 5 nitrogen and oxygen atoms in total. The van der Waals surface area contributed by atoms with E-state index in [1.807, 2.05) is 24.3 Å². The first-order valence-corrected chi connectivity index (χ1v) is 8.51. The van der Waals surface area contributed by atoms with E-state index >= 15 is 0 Å². The SMILES string of the molecule is COCCOCCC(=O)Nc1ccc(NC2CCCCC2)cc1. The maximum atomic E-state index is 11.8. The zero-order valence-corrected chi connectivity index (χ0v) is 14.0. The summed E-state index contributed by atoms with van der Waals surface area (Å²) in [4.78, 5) is 11.8. The number of amides is 1. The number of nitrogens with one attached hydrogen (secondary N) is 2. The number of benzene rings is 1. The Morgan fingerprint density at radius 1 is 1.04 bits per heavy atom. The minimum atomic E-state index is -0.0320. The van der Waals surface area contributed by atoms with Crippen LogP contribution in [0.2, 0.25) is 0 Å². The average Bonchev–Trinajstić information content (AvgIpc) is 2.57. The van der Waals surface area contributed by atoms with Crippen molar-refractivity contribution in [2.45, 2.75) is 44.6 Å². The predicted molar refractivity (Wildman–Crippen MR) is 92.9 cm³/mol. The molecule has 0 aliphatic heterocycles. The zero-order valence-electron chi connectivity index (χ0n) is 14.0. The van der Waals surface area contributed by atoms with Gasteiger partial charge in [0, 0.05) is 24.5 Å². The topological polar surface area (TPSA) is 59.6 Å². The highest BCUT2D eigenvalue weighted by atomic mass is 16.5. The van der Waals surface area contributed by atoms with E-state index in [4.69, 9.17) is 9.47 Å². The smallest absolute Gasteiger partial charge is 0.226 e. The first-order chi connectivity index (χ1) is 11.3. The lowest BCUT2D eigenvalue weighted by Gasteiger charge is -2.23. The van der Waals surface area contributed by atoms with Gasteiger partial charge in [0.25, 0.3) is 0 Å². The van der Waals surface area contributed by atoms with Crippen molar-refractivity contribution in [3.05, 3.63) is 24.3 Å². The van der Waals surface area contributed by atoms with Crippen molar-refractivity contribution in [2.75, 3.05) is 37.6 Å². The van der Waals surface area contributed by atoms with E-state index in [-0.39, 0.29) is 5.91 Å². The van der Waals surface area contributed by atoms with E-state index in [1.165, 1.54) is 32.1 Å². The number of carbonyl (C=O) groups is 1. The Balaban J connectivity index is 1.68. The third-order valence-corrected chi connectivity index (χ3v) is 4.05. The van der Waals surface area contributed by atoms with Crippen molar-refractivity contribution in [2.24, 2.45) is 0 Å². The van der Waals surface area contributed by atoms with Crippen molar-refractivity contribution in [3.8, 4) is 0 Å². The summed E-state index contributed by atoms with van der Waals surface area (Å²) in [7, 11) is 1.63. The van der Waals surface area contributed by atoms with Crippen molar-refractivity contribution in [3.63, 3.8) is 0 Å². The van der Waals surface area contributed by atoms with Crippen LogP contribution >= 0.6 is 0 Å². The Labute approximate surface area is 138 Å². The van der Waals surface area contributed by atoms with Gasteiger partial charge in [0.15, 0.2) is 0 Å². The second-order valence-corrected chi connectivity index (χ2v) is 5.96. The zero-order chi connectivity index (χ0) is 16.3. The number of carbonyl (C=O) groups excluding carboxylic acids is 1. The number of anilines is 2. The molecule has 1 aliphatic rings. The van der Waals surface area contributed by atoms with E-state index in [2.05, 4.69) is 10.6 Å². The van der Waals surface area contributed by atoms with E-state index in [1.54, 1.807) is 7.11 Å². The molecule has 1 aromatic rings. The van der Waals surface area contributed by atoms with Gasteiger partial charge < -0.3 is 20.1 Å². The quantitative estimate of drug-likeness (QED) is 0.685. The fourth-order valence-corrected chi connectivity index (χ4v) is 2.77. The van der Waals surface area contributed by atoms with E-state index in [0.29, 0.717) is 32.3 Å². The van der Waals surface area contributed by atoms with Crippen molar-refractivity contribution >= 4 is 17.3 Å². The van der Waals surface area contributed by atoms with Crippen LogP contribution in [0, 0.1) is 0 Å². The van der Waals surface area contributed by atoms with Gasteiger partial charge in [-0.1, -0.05) is 19.3 Å². The highest BCUT2D eigenvalue weighted by molar-refractivity contribution is 5.90. The highest BCUT2D eigenvalue weighted by Gasteiger charge is 2.12. The number of ether oxygens (including phenoxy) is 2. The molecule has 0 aromatic heterocycles. The number of hydrogen-bond donors (Lipinski definition) is 2. The van der Waals surface area contributed by atoms with Crippen molar-refractivity contribution < 1.29 is 14.3 Å². The predicted octanol–water partition coefficient (Wildman–Crippen LogP) is 3.42. The Kier molecular flexibility index (Phi) is 7.90. The summed E-state index contributed by atoms with van der Waals surface area (Å²) in [5.41, 5.74) is 1.94. The summed E-state index contributed by atoms with van der Waals surface area (Å²) in [6.45, 7) is 1.49. The molecule has 2 rings (SSSR count). The van der Waals surface area contributed by atoms with Gasteiger partial charge in [-0.15, -0.1) is 0 Å². The van der Waals surface area contributed by atoms with Gasteiger partial charge in [-0.25, -0.2) is 0 Å². The largest absolute Gasteiger partial charge is 0.382 e. The number of methoxy groups -OCH3 is 1. The molecule has 0 heterocycles. The number of hydrogen-bond acceptors (Lipinski definition) is 4. The van der Waals surface area contributed by atoms with Crippen LogP contribution in [0.15, 0.2) is 24.3 Å². The van der Waals surface area contributed by atoms with Crippen molar-refractivity contribution in [1.82, 2.24) is 0 Å². The second kappa shape index (κ2) is 10.2. The van der Waals surface area contributed by atoms with E-state index in [0.717, 1.165) is 11.4 Å². The average molecular weight is 320 g/mol. The second-order valence-electron chi connectivity index (χ2n) is 5.96. The minimum absolute atomic E-state index is 0.0320. The lowest BCUT2D eigenvalue weighted by molar-refractivity contribution is -0.117. The lowest BCUT2D eigenvalue weighted by Crippen LogP contribution is -2.22. The molecule has 128 valence electrons. The highest BCUT2D eigenvalue weighted by Crippen LogP contribution is 2.22. The molecule has 0 saturated heterocycles. The normalized spacial score (nSPS) is 15.3. The summed E-state index contributed by atoms with van der Waals surface area (Å²) in [5, 5.41) is 6.46. The molecular weight excluding hydrogens is 292 g/mol. The van der Waals surface area contributed by atoms with E-state index < -0.39 is 0 Å². The third-order valence-electron chi connectivity index (χ3n) is 4.05. The molecule has 0 spiro atoms. The first kappa shape index (κ1) is 17.8. The van der Waals surface area contributed by atoms with Crippen LogP contribution in [0.1, 0.15) is 38.5 Å². The summed E-state index contributed by atoms with van der Waals surface area (Å²) in [5.74, 6) is -0.0320. The standard InChI is InChI=1S/C18H28N2O3/c1-22-13-14-23-12-11-18(21)20-17-9-7-16(8-10-17)19-15-5-3-2-4-6-15/h7-10,15,19H,2-6,11-14H2,1H3,(H,20,21). The van der Waals surface area contributed by atoms with Gasteiger partial charge in [0.05, 0.1) is 26.2 Å². The van der Waals surface area contributed by atoms with Gasteiger partial charge in [-0.2, -0.15) is 0 Å². The molecule has 0 bridgehead atoms. The van der Waals surface area contributed by atoms with Crippen molar-refractivity contribution in [1.29, 1.82) is 0 Å². The third kappa shape index (κ3) is 7.01. The summed E-state index contributed by atoms with van der Waals surface area (Å²) in [6.07, 6.45) is 6.85. The summed E-state index contributed by atoms with van der Waals surface area (Å²) in [6, 6.07) is 8.52. The minimum Gasteiger partial charge on any atom is -0.382 e. The molecule has 0 unspecified atom stereocenters. The van der Waals surface area contributed by atoms with Gasteiger partial charge >= 0.3 is 0 Å². The Hall–Kier alpha value is -1.59. The molecule has 0 radical (unpaired) electrons. The Bertz CT molecular complexity index is 456. The van der Waals surface area contributed by atoms with Crippen LogP contribution in [0.3, 0.4) is 0 Å². The first-order valence-electron chi connectivity index (χ1n) is 8.51. The van der Waals surface area contributed by atoms with Gasteiger partial charge in [-0.3, -0.25) is 4.79 Å². The Morgan fingerprint density at radius 2 is 1.74 bits per heavy atom. The summed E-state index contributed by atoms with van der Waals surface area (Å²) >= 11 is 0. The maximum absolute atomic E-state index is 11.8. The Morgan fingerprint density at radius 3 is 2.43 bits per heavy atom. The van der Waals surface area contributed by atoms with Crippen LogP contribution in [0.4, 0.5) is 11.4 Å². The monoisotopic (exact) mass is 320 g/mol. The van der Waals surface area contributed by atoms with Crippen LogP contribution in [-0.4, -0.2) is 38.9 Å². The van der Waals surface area contributed by atoms with Crippen LogP contribution in [0.5, 0.6) is 0 Å². The van der Waals surface area contributed by atoms with Crippen LogP contribution < -0.4 is 10.6 Å². The molecular formula is C18H28N2O3.